The molecule has 3 aromatic rings. The van der Waals surface area contributed by atoms with Crippen LogP contribution in [-0.2, 0) is 6.54 Å². The number of carbonyl (C=O) groups is 1. The largest absolute Gasteiger partial charge is 0.507 e. The summed E-state index contributed by atoms with van der Waals surface area (Å²) in [6, 6.07) is 9.48. The zero-order chi connectivity index (χ0) is 19.6. The molecule has 0 spiro atoms. The van der Waals surface area contributed by atoms with E-state index in [1.807, 2.05) is 6.07 Å². The lowest BCUT2D eigenvalue weighted by atomic mass is 10.1. The Hall–Kier alpha value is -2.83. The van der Waals surface area contributed by atoms with Crippen molar-refractivity contribution in [1.82, 2.24) is 9.55 Å². The quantitative estimate of drug-likeness (QED) is 0.692. The summed E-state index contributed by atoms with van der Waals surface area (Å²) >= 11 is 11.8. The van der Waals surface area contributed by atoms with Crippen LogP contribution in [0, 0.1) is 6.92 Å². The molecule has 3 rings (SSSR count). The van der Waals surface area contributed by atoms with E-state index in [-0.39, 0.29) is 17.1 Å². The Morgan fingerprint density at radius 2 is 2.00 bits per heavy atom. The normalized spacial score (nSPS) is 10.6. The number of benzene rings is 1. The maximum absolute atomic E-state index is 12.8. The first-order valence-electron chi connectivity index (χ1n) is 7.95. The van der Waals surface area contributed by atoms with E-state index in [0.717, 1.165) is 5.56 Å². The number of pyridine rings is 2. The summed E-state index contributed by atoms with van der Waals surface area (Å²) in [5, 5.41) is 13.3. The molecular weight excluding hydrogens is 389 g/mol. The highest BCUT2D eigenvalue weighted by Crippen LogP contribution is 2.25. The molecule has 0 saturated heterocycles. The minimum atomic E-state index is -0.740. The number of amides is 1. The standard InChI is InChI=1S/C19H15Cl2N3O3/c1-11-7-16(25)17(18(26)23-13-4-5-14(20)15(21)8-13)19(27)24(11)10-12-3-2-6-22-9-12/h2-9,25H,10H2,1H3,(H,23,26). The van der Waals surface area contributed by atoms with Gasteiger partial charge in [0.05, 0.1) is 16.6 Å². The molecule has 0 unspecified atom stereocenters. The van der Waals surface area contributed by atoms with Crippen LogP contribution < -0.4 is 10.9 Å². The fraction of sp³-hybridized carbons (Fsp3) is 0.105. The van der Waals surface area contributed by atoms with Crippen molar-refractivity contribution in [2.45, 2.75) is 13.5 Å². The molecule has 0 bridgehead atoms. The monoisotopic (exact) mass is 403 g/mol. The Labute approximate surface area is 165 Å². The molecule has 0 aliphatic rings. The predicted molar refractivity (Wildman–Crippen MR) is 105 cm³/mol. The summed E-state index contributed by atoms with van der Waals surface area (Å²) in [5.41, 5.74) is 0.716. The fourth-order valence-electron chi connectivity index (χ4n) is 2.60. The molecule has 1 amide bonds. The third-order valence-electron chi connectivity index (χ3n) is 3.95. The van der Waals surface area contributed by atoms with Crippen molar-refractivity contribution < 1.29 is 9.90 Å². The van der Waals surface area contributed by atoms with Crippen molar-refractivity contribution >= 4 is 34.8 Å². The molecule has 8 heteroatoms. The van der Waals surface area contributed by atoms with Crippen molar-refractivity contribution in [2.75, 3.05) is 5.32 Å². The number of rotatable bonds is 4. The number of halogens is 2. The first kappa shape index (κ1) is 18.9. The molecule has 1 aromatic carbocycles. The molecule has 0 aliphatic heterocycles. The van der Waals surface area contributed by atoms with E-state index in [1.54, 1.807) is 31.5 Å². The van der Waals surface area contributed by atoms with Gasteiger partial charge in [-0.05, 0) is 36.8 Å². The van der Waals surface area contributed by atoms with E-state index in [2.05, 4.69) is 10.3 Å². The van der Waals surface area contributed by atoms with Crippen LogP contribution in [0.1, 0.15) is 21.6 Å². The Morgan fingerprint density at radius 1 is 1.22 bits per heavy atom. The lowest BCUT2D eigenvalue weighted by molar-refractivity contribution is 0.102. The zero-order valence-electron chi connectivity index (χ0n) is 14.2. The molecule has 0 aliphatic carbocycles. The molecule has 138 valence electrons. The number of hydrogen-bond acceptors (Lipinski definition) is 4. The van der Waals surface area contributed by atoms with Crippen molar-refractivity contribution in [3.05, 3.63) is 86.0 Å². The summed E-state index contributed by atoms with van der Waals surface area (Å²) < 4.78 is 1.40. The lowest BCUT2D eigenvalue weighted by Crippen LogP contribution is -2.31. The van der Waals surface area contributed by atoms with Crippen LogP contribution in [0.4, 0.5) is 5.69 Å². The van der Waals surface area contributed by atoms with Crippen LogP contribution in [-0.4, -0.2) is 20.6 Å². The Bertz CT molecular complexity index is 1070. The maximum atomic E-state index is 12.8. The van der Waals surface area contributed by atoms with Gasteiger partial charge in [-0.15, -0.1) is 0 Å². The second kappa shape index (κ2) is 7.82. The van der Waals surface area contributed by atoms with Gasteiger partial charge in [-0.3, -0.25) is 14.6 Å². The SMILES string of the molecule is Cc1cc(O)c(C(=O)Nc2ccc(Cl)c(Cl)c2)c(=O)n1Cc1cccnc1. The van der Waals surface area contributed by atoms with E-state index in [4.69, 9.17) is 23.2 Å². The van der Waals surface area contributed by atoms with Crippen LogP contribution >= 0.6 is 23.2 Å². The third kappa shape index (κ3) is 4.13. The fourth-order valence-corrected chi connectivity index (χ4v) is 2.90. The minimum absolute atomic E-state index is 0.228. The number of anilines is 1. The second-order valence-electron chi connectivity index (χ2n) is 5.88. The number of aromatic nitrogens is 2. The summed E-state index contributed by atoms with van der Waals surface area (Å²) in [6.45, 7) is 1.91. The van der Waals surface area contributed by atoms with Gasteiger partial charge in [0.15, 0.2) is 0 Å². The second-order valence-corrected chi connectivity index (χ2v) is 6.70. The lowest BCUT2D eigenvalue weighted by Gasteiger charge is -2.14. The molecule has 0 fully saturated rings. The van der Waals surface area contributed by atoms with Crippen LogP contribution in [0.15, 0.2) is 53.6 Å². The summed E-state index contributed by atoms with van der Waals surface area (Å²) in [4.78, 5) is 29.5. The van der Waals surface area contributed by atoms with Crippen LogP contribution in [0.5, 0.6) is 5.75 Å². The van der Waals surface area contributed by atoms with Gasteiger partial charge >= 0.3 is 0 Å². The van der Waals surface area contributed by atoms with Gasteiger partial charge in [-0.1, -0.05) is 29.3 Å². The Balaban J connectivity index is 1.97. The first-order valence-corrected chi connectivity index (χ1v) is 8.71. The first-order chi connectivity index (χ1) is 12.9. The highest BCUT2D eigenvalue weighted by Gasteiger charge is 2.20. The summed E-state index contributed by atoms with van der Waals surface area (Å²) in [7, 11) is 0. The smallest absolute Gasteiger partial charge is 0.267 e. The van der Waals surface area contributed by atoms with E-state index < -0.39 is 17.2 Å². The molecule has 2 aromatic heterocycles. The van der Waals surface area contributed by atoms with Crippen molar-refractivity contribution in [1.29, 1.82) is 0 Å². The molecule has 27 heavy (non-hydrogen) atoms. The van der Waals surface area contributed by atoms with Crippen LogP contribution in [0.25, 0.3) is 0 Å². The van der Waals surface area contributed by atoms with Gasteiger partial charge in [-0.25, -0.2) is 0 Å². The number of nitrogens with one attached hydrogen (secondary N) is 1. The third-order valence-corrected chi connectivity index (χ3v) is 4.69. The number of hydrogen-bond donors (Lipinski definition) is 2. The molecule has 2 N–H and O–H groups in total. The number of aromatic hydroxyl groups is 1. The highest BCUT2D eigenvalue weighted by molar-refractivity contribution is 6.42. The average Bonchev–Trinajstić information content (AvgIpc) is 2.62. The van der Waals surface area contributed by atoms with Gasteiger partial charge in [0.1, 0.15) is 11.3 Å². The van der Waals surface area contributed by atoms with Crippen LogP contribution in [0.3, 0.4) is 0 Å². The Morgan fingerprint density at radius 3 is 2.67 bits per heavy atom. The van der Waals surface area contributed by atoms with Gasteiger partial charge in [0.2, 0.25) is 0 Å². The van der Waals surface area contributed by atoms with E-state index in [9.17, 15) is 14.7 Å². The van der Waals surface area contributed by atoms with Crippen LogP contribution in [0.2, 0.25) is 10.0 Å². The van der Waals surface area contributed by atoms with Crippen molar-refractivity contribution in [3.63, 3.8) is 0 Å². The molecule has 6 nitrogen and oxygen atoms in total. The number of aryl methyl sites for hydroxylation is 1. The molecule has 0 atom stereocenters. The molecule has 2 heterocycles. The van der Waals surface area contributed by atoms with E-state index in [1.165, 1.54) is 22.8 Å². The van der Waals surface area contributed by atoms with Gasteiger partial charge < -0.3 is 15.0 Å². The van der Waals surface area contributed by atoms with Gasteiger partial charge in [-0.2, -0.15) is 0 Å². The number of carbonyl (C=O) groups excluding carboxylic acids is 1. The highest BCUT2D eigenvalue weighted by atomic mass is 35.5. The van der Waals surface area contributed by atoms with Crippen molar-refractivity contribution in [3.8, 4) is 5.75 Å². The Kier molecular flexibility index (Phi) is 5.48. The molecule has 0 radical (unpaired) electrons. The average molecular weight is 404 g/mol. The van der Waals surface area contributed by atoms with Gasteiger partial charge in [0, 0.05) is 29.8 Å². The zero-order valence-corrected chi connectivity index (χ0v) is 15.8. The maximum Gasteiger partial charge on any atom is 0.267 e. The number of nitrogens with zero attached hydrogens (tertiary/aromatic N) is 2. The predicted octanol–water partition coefficient (Wildman–Crippen LogP) is 3.86. The van der Waals surface area contributed by atoms with Crippen molar-refractivity contribution in [2.24, 2.45) is 0 Å². The topological polar surface area (TPSA) is 84.2 Å². The molecular formula is C19H15Cl2N3O3. The minimum Gasteiger partial charge on any atom is -0.507 e. The summed E-state index contributed by atoms with van der Waals surface area (Å²) in [6.07, 6.45) is 3.26. The summed E-state index contributed by atoms with van der Waals surface area (Å²) in [5.74, 6) is -1.13. The molecule has 0 saturated carbocycles. The van der Waals surface area contributed by atoms with E-state index >= 15 is 0 Å². The van der Waals surface area contributed by atoms with E-state index in [0.29, 0.717) is 16.4 Å². The van der Waals surface area contributed by atoms with Gasteiger partial charge in [0.25, 0.3) is 11.5 Å².